The summed E-state index contributed by atoms with van der Waals surface area (Å²) in [7, 11) is 0. The third-order valence-electron chi connectivity index (χ3n) is 4.78. The van der Waals surface area contributed by atoms with E-state index in [4.69, 9.17) is 0 Å². The van der Waals surface area contributed by atoms with Gasteiger partial charge in [-0.25, -0.2) is 8.78 Å². The highest BCUT2D eigenvalue weighted by atomic mass is 19.3. The summed E-state index contributed by atoms with van der Waals surface area (Å²) in [4.78, 5) is 2.29. The van der Waals surface area contributed by atoms with Crippen LogP contribution in [0.3, 0.4) is 0 Å². The Hall–Kier alpha value is -0.220. The monoisotopic (exact) mass is 261 g/mol. The Balaban J connectivity index is 1.70. The van der Waals surface area contributed by atoms with Crippen molar-refractivity contribution >= 4 is 0 Å². The molecule has 1 saturated carbocycles. The average molecular weight is 261 g/mol. The normalized spacial score (nSPS) is 30.3. The summed E-state index contributed by atoms with van der Waals surface area (Å²) < 4.78 is 25.6. The van der Waals surface area contributed by atoms with E-state index < -0.39 is 5.92 Å². The standard InChI is InChI=1S/C14H25F2NO/c1-2-4-13(11-18)5-8-17(9-6-13)7-3-12-10-14(12,15)16/h12,18H,2-11H2,1H3. The number of hydrogen-bond donors (Lipinski definition) is 1. The van der Waals surface area contributed by atoms with E-state index in [0.717, 1.165) is 45.3 Å². The number of aliphatic hydroxyl groups excluding tert-OH is 1. The van der Waals surface area contributed by atoms with E-state index in [1.54, 1.807) is 0 Å². The van der Waals surface area contributed by atoms with Gasteiger partial charge in [-0.15, -0.1) is 0 Å². The van der Waals surface area contributed by atoms with Crippen molar-refractivity contribution in [2.24, 2.45) is 11.3 Å². The summed E-state index contributed by atoms with van der Waals surface area (Å²) in [6.07, 6.45) is 4.94. The maximum atomic E-state index is 12.8. The predicted octanol–water partition coefficient (Wildman–Crippen LogP) is 2.91. The first-order valence-corrected chi connectivity index (χ1v) is 7.22. The summed E-state index contributed by atoms with van der Waals surface area (Å²) in [6, 6.07) is 0. The van der Waals surface area contributed by atoms with Gasteiger partial charge in [0.05, 0.1) is 0 Å². The van der Waals surface area contributed by atoms with Gasteiger partial charge in [-0.05, 0) is 50.7 Å². The minimum Gasteiger partial charge on any atom is -0.396 e. The number of alkyl halides is 2. The summed E-state index contributed by atoms with van der Waals surface area (Å²) in [6.45, 7) is 5.14. The zero-order chi connectivity index (χ0) is 13.2. The van der Waals surface area contributed by atoms with Crippen LogP contribution in [0.1, 0.15) is 45.4 Å². The molecule has 4 heteroatoms. The lowest BCUT2D eigenvalue weighted by atomic mass is 9.75. The minimum atomic E-state index is -2.37. The Bertz CT molecular complexity index is 275. The molecule has 0 radical (unpaired) electrons. The molecule has 2 fully saturated rings. The van der Waals surface area contributed by atoms with Crippen molar-refractivity contribution in [3.05, 3.63) is 0 Å². The molecule has 2 aliphatic rings. The highest BCUT2D eigenvalue weighted by Gasteiger charge is 2.56. The van der Waals surface area contributed by atoms with Crippen LogP contribution in [0, 0.1) is 11.3 Å². The molecule has 0 amide bonds. The van der Waals surface area contributed by atoms with Crippen LogP contribution in [0.5, 0.6) is 0 Å². The minimum absolute atomic E-state index is 0.0945. The number of halogens is 2. The number of hydrogen-bond acceptors (Lipinski definition) is 2. The molecule has 1 unspecified atom stereocenters. The highest BCUT2D eigenvalue weighted by molar-refractivity contribution is 4.95. The van der Waals surface area contributed by atoms with E-state index >= 15 is 0 Å². The third kappa shape index (κ3) is 3.21. The van der Waals surface area contributed by atoms with Crippen molar-refractivity contribution in [3.63, 3.8) is 0 Å². The van der Waals surface area contributed by atoms with Gasteiger partial charge in [0.1, 0.15) is 0 Å². The Morgan fingerprint density at radius 1 is 1.28 bits per heavy atom. The fraction of sp³-hybridized carbons (Fsp3) is 1.00. The van der Waals surface area contributed by atoms with Crippen molar-refractivity contribution in [1.82, 2.24) is 4.90 Å². The molecule has 0 aromatic heterocycles. The van der Waals surface area contributed by atoms with E-state index in [1.165, 1.54) is 0 Å². The molecule has 2 nitrogen and oxygen atoms in total. The molecule has 18 heavy (non-hydrogen) atoms. The molecule has 1 aliphatic carbocycles. The van der Waals surface area contributed by atoms with E-state index in [-0.39, 0.29) is 24.4 Å². The largest absolute Gasteiger partial charge is 0.396 e. The maximum Gasteiger partial charge on any atom is 0.251 e. The van der Waals surface area contributed by atoms with E-state index in [0.29, 0.717) is 6.42 Å². The van der Waals surface area contributed by atoms with Gasteiger partial charge < -0.3 is 10.0 Å². The summed E-state index contributed by atoms with van der Waals surface area (Å²) in [5.41, 5.74) is 0.106. The lowest BCUT2D eigenvalue weighted by Crippen LogP contribution is -2.42. The quantitative estimate of drug-likeness (QED) is 0.794. The second-order valence-electron chi connectivity index (χ2n) is 6.20. The summed E-state index contributed by atoms with van der Waals surface area (Å²) in [5, 5.41) is 9.54. The summed E-state index contributed by atoms with van der Waals surface area (Å²) in [5.74, 6) is -2.73. The van der Waals surface area contributed by atoms with Gasteiger partial charge in [-0.3, -0.25) is 0 Å². The second-order valence-corrected chi connectivity index (χ2v) is 6.20. The zero-order valence-corrected chi connectivity index (χ0v) is 11.3. The average Bonchev–Trinajstić information content (AvgIpc) is 2.97. The lowest BCUT2D eigenvalue weighted by molar-refractivity contribution is 0.0333. The Labute approximate surface area is 108 Å². The maximum absolute atomic E-state index is 12.8. The van der Waals surface area contributed by atoms with Gasteiger partial charge in [0.25, 0.3) is 5.92 Å². The topological polar surface area (TPSA) is 23.5 Å². The Morgan fingerprint density at radius 2 is 1.89 bits per heavy atom. The molecule has 1 heterocycles. The van der Waals surface area contributed by atoms with Gasteiger partial charge >= 0.3 is 0 Å². The molecule has 1 atom stereocenters. The van der Waals surface area contributed by atoms with Crippen LogP contribution in [-0.2, 0) is 0 Å². The number of rotatable bonds is 6. The second kappa shape index (κ2) is 5.41. The van der Waals surface area contributed by atoms with E-state index in [1.807, 2.05) is 0 Å². The molecule has 0 spiro atoms. The summed E-state index contributed by atoms with van der Waals surface area (Å²) >= 11 is 0. The number of piperidine rings is 1. The molecule has 1 saturated heterocycles. The van der Waals surface area contributed by atoms with Gasteiger partial charge in [0.15, 0.2) is 0 Å². The molecule has 106 valence electrons. The SMILES string of the molecule is CCCC1(CO)CCN(CCC2CC2(F)F)CC1. The van der Waals surface area contributed by atoms with Crippen molar-refractivity contribution < 1.29 is 13.9 Å². The highest BCUT2D eigenvalue weighted by Crippen LogP contribution is 2.50. The third-order valence-corrected chi connectivity index (χ3v) is 4.78. The van der Waals surface area contributed by atoms with E-state index in [2.05, 4.69) is 11.8 Å². The van der Waals surface area contributed by atoms with Crippen LogP contribution in [0.25, 0.3) is 0 Å². The van der Waals surface area contributed by atoms with Crippen molar-refractivity contribution in [3.8, 4) is 0 Å². The van der Waals surface area contributed by atoms with Gasteiger partial charge in [-0.2, -0.15) is 0 Å². The molecule has 2 rings (SSSR count). The Kier molecular flexibility index (Phi) is 4.27. The first-order valence-electron chi connectivity index (χ1n) is 7.22. The molecule has 0 bridgehead atoms. The lowest BCUT2D eigenvalue weighted by Gasteiger charge is -2.40. The van der Waals surface area contributed by atoms with Crippen LogP contribution < -0.4 is 0 Å². The molecular weight excluding hydrogens is 236 g/mol. The van der Waals surface area contributed by atoms with Crippen LogP contribution >= 0.6 is 0 Å². The molecular formula is C14H25F2NO. The van der Waals surface area contributed by atoms with Crippen molar-refractivity contribution in [2.75, 3.05) is 26.2 Å². The van der Waals surface area contributed by atoms with Crippen LogP contribution in [0.4, 0.5) is 8.78 Å². The first kappa shape index (κ1) is 14.2. The van der Waals surface area contributed by atoms with Gasteiger partial charge in [0, 0.05) is 18.9 Å². The number of aliphatic hydroxyl groups is 1. The predicted molar refractivity (Wildman–Crippen MR) is 67.8 cm³/mol. The van der Waals surface area contributed by atoms with Crippen LogP contribution in [-0.4, -0.2) is 42.2 Å². The van der Waals surface area contributed by atoms with Crippen LogP contribution in [0.15, 0.2) is 0 Å². The zero-order valence-electron chi connectivity index (χ0n) is 11.3. The fourth-order valence-corrected chi connectivity index (χ4v) is 3.19. The number of likely N-dealkylation sites (tertiary alicyclic amines) is 1. The van der Waals surface area contributed by atoms with E-state index in [9.17, 15) is 13.9 Å². The number of nitrogens with zero attached hydrogens (tertiary/aromatic N) is 1. The molecule has 1 N–H and O–H groups in total. The van der Waals surface area contributed by atoms with Crippen LogP contribution in [0.2, 0.25) is 0 Å². The fourth-order valence-electron chi connectivity index (χ4n) is 3.19. The first-order chi connectivity index (χ1) is 8.51. The van der Waals surface area contributed by atoms with Gasteiger partial charge in [0.2, 0.25) is 0 Å². The molecule has 0 aromatic rings. The van der Waals surface area contributed by atoms with Crippen molar-refractivity contribution in [2.45, 2.75) is 51.4 Å². The molecule has 0 aromatic carbocycles. The Morgan fingerprint density at radius 3 is 2.33 bits per heavy atom. The van der Waals surface area contributed by atoms with Crippen molar-refractivity contribution in [1.29, 1.82) is 0 Å². The molecule has 1 aliphatic heterocycles. The van der Waals surface area contributed by atoms with Gasteiger partial charge in [-0.1, -0.05) is 13.3 Å². The smallest absolute Gasteiger partial charge is 0.251 e.